The first kappa shape index (κ1) is 17.4. The van der Waals surface area contributed by atoms with Gasteiger partial charge in [0.25, 0.3) is 0 Å². The molecule has 128 valence electrons. The number of halogens is 1. The lowest BCUT2D eigenvalue weighted by molar-refractivity contribution is -0.122. The summed E-state index contributed by atoms with van der Waals surface area (Å²) in [5, 5.41) is 7.99. The van der Waals surface area contributed by atoms with E-state index in [4.69, 9.17) is 16.7 Å². The number of hydrogen-bond acceptors (Lipinski definition) is 4. The first-order valence-electron chi connectivity index (χ1n) is 7.49. The standard InChI is InChI=1S/C16H17ClN2O3S2/c17-15-6-5-14(23-15)12-9-13(12)16(20)19-8-7-10-1-3-11(4-2-10)24(18,21)22/h1-6,12-13H,7-9H2,(H,19,20)(H2,18,21,22)/t12-,13-/m1/s1. The van der Waals surface area contributed by atoms with Gasteiger partial charge in [0, 0.05) is 23.3 Å². The topological polar surface area (TPSA) is 89.3 Å². The van der Waals surface area contributed by atoms with Crippen molar-refractivity contribution >= 4 is 38.9 Å². The number of thiophene rings is 1. The third kappa shape index (κ3) is 4.16. The van der Waals surface area contributed by atoms with Crippen LogP contribution < -0.4 is 10.5 Å². The molecule has 0 unspecified atom stereocenters. The molecular weight excluding hydrogens is 368 g/mol. The summed E-state index contributed by atoms with van der Waals surface area (Å²) in [6.07, 6.45) is 1.50. The molecule has 1 aliphatic carbocycles. The average Bonchev–Trinajstić information content (AvgIpc) is 3.22. The molecule has 1 fully saturated rings. The summed E-state index contributed by atoms with van der Waals surface area (Å²) in [5.74, 6) is 0.381. The van der Waals surface area contributed by atoms with Crippen molar-refractivity contribution in [3.8, 4) is 0 Å². The Bertz CT molecular complexity index is 846. The second-order valence-corrected chi connectivity index (χ2v) is 9.13. The number of rotatable bonds is 6. The van der Waals surface area contributed by atoms with Crippen LogP contribution in [0.3, 0.4) is 0 Å². The van der Waals surface area contributed by atoms with E-state index in [1.54, 1.807) is 12.1 Å². The molecule has 3 rings (SSSR count). The fourth-order valence-corrected chi connectivity index (χ4v) is 4.39. The van der Waals surface area contributed by atoms with Crippen LogP contribution in [0, 0.1) is 5.92 Å². The summed E-state index contributed by atoms with van der Waals surface area (Å²) < 4.78 is 23.1. The Morgan fingerprint density at radius 1 is 1.25 bits per heavy atom. The first-order chi connectivity index (χ1) is 11.3. The number of nitrogens with one attached hydrogen (secondary N) is 1. The number of amides is 1. The summed E-state index contributed by atoms with van der Waals surface area (Å²) in [7, 11) is -3.67. The van der Waals surface area contributed by atoms with Crippen molar-refractivity contribution in [2.75, 3.05) is 6.54 Å². The minimum Gasteiger partial charge on any atom is -0.356 e. The second-order valence-electron chi connectivity index (χ2n) is 5.82. The van der Waals surface area contributed by atoms with E-state index in [-0.39, 0.29) is 22.6 Å². The van der Waals surface area contributed by atoms with Crippen LogP contribution in [-0.2, 0) is 21.2 Å². The lowest BCUT2D eigenvalue weighted by atomic mass is 10.1. The van der Waals surface area contributed by atoms with Crippen LogP contribution in [0.4, 0.5) is 0 Å². The molecule has 1 amide bonds. The van der Waals surface area contributed by atoms with Crippen molar-refractivity contribution in [1.29, 1.82) is 0 Å². The van der Waals surface area contributed by atoms with Gasteiger partial charge in [-0.2, -0.15) is 0 Å². The Hall–Kier alpha value is -1.41. The number of primary sulfonamides is 1. The molecular formula is C16H17ClN2O3S2. The summed E-state index contributed by atoms with van der Waals surface area (Å²) in [6, 6.07) is 10.2. The normalized spacial score (nSPS) is 19.9. The lowest BCUT2D eigenvalue weighted by Crippen LogP contribution is -2.27. The van der Waals surface area contributed by atoms with Gasteiger partial charge in [0.05, 0.1) is 9.23 Å². The maximum atomic E-state index is 12.1. The van der Waals surface area contributed by atoms with E-state index in [0.29, 0.717) is 13.0 Å². The number of nitrogens with two attached hydrogens (primary N) is 1. The molecule has 5 nitrogen and oxygen atoms in total. The van der Waals surface area contributed by atoms with Gasteiger partial charge >= 0.3 is 0 Å². The SMILES string of the molecule is NS(=O)(=O)c1ccc(CCNC(=O)[C@@H]2C[C@H]2c2ccc(Cl)s2)cc1. The summed E-state index contributed by atoms with van der Waals surface area (Å²) in [4.78, 5) is 13.4. The molecule has 1 aliphatic rings. The first-order valence-corrected chi connectivity index (χ1v) is 10.2. The van der Waals surface area contributed by atoms with Crippen molar-refractivity contribution in [2.45, 2.75) is 23.7 Å². The molecule has 1 heterocycles. The van der Waals surface area contributed by atoms with Gasteiger partial charge in [0.15, 0.2) is 0 Å². The maximum absolute atomic E-state index is 12.1. The fourth-order valence-electron chi connectivity index (χ4n) is 2.63. The van der Waals surface area contributed by atoms with Gasteiger partial charge in [-0.05, 0) is 42.7 Å². The lowest BCUT2D eigenvalue weighted by Gasteiger charge is -2.06. The summed E-state index contributed by atoms with van der Waals surface area (Å²) in [5.41, 5.74) is 0.945. The Kier molecular flexibility index (Phi) is 4.96. The predicted molar refractivity (Wildman–Crippen MR) is 94.7 cm³/mol. The Balaban J connectivity index is 1.46. The Morgan fingerprint density at radius 2 is 1.96 bits per heavy atom. The molecule has 1 aromatic heterocycles. The van der Waals surface area contributed by atoms with Gasteiger partial charge < -0.3 is 5.32 Å². The molecule has 0 saturated heterocycles. The van der Waals surface area contributed by atoms with E-state index in [1.807, 2.05) is 12.1 Å². The number of hydrogen-bond donors (Lipinski definition) is 2. The van der Waals surface area contributed by atoms with Gasteiger partial charge in [-0.25, -0.2) is 13.6 Å². The van der Waals surface area contributed by atoms with E-state index in [2.05, 4.69) is 5.32 Å². The molecule has 0 spiro atoms. The molecule has 3 N–H and O–H groups in total. The van der Waals surface area contributed by atoms with Gasteiger partial charge in [-0.15, -0.1) is 11.3 Å². The van der Waals surface area contributed by atoms with Crippen LogP contribution in [-0.4, -0.2) is 20.9 Å². The number of sulfonamides is 1. The van der Waals surface area contributed by atoms with Gasteiger partial charge in [-0.3, -0.25) is 4.79 Å². The van der Waals surface area contributed by atoms with Gasteiger partial charge in [0.1, 0.15) is 0 Å². The van der Waals surface area contributed by atoms with Crippen LogP contribution >= 0.6 is 22.9 Å². The molecule has 0 bridgehead atoms. The fraction of sp³-hybridized carbons (Fsp3) is 0.312. The number of benzene rings is 1. The summed E-state index contributed by atoms with van der Waals surface area (Å²) >= 11 is 7.45. The predicted octanol–water partition coefficient (Wildman–Crippen LogP) is 2.51. The van der Waals surface area contributed by atoms with E-state index in [9.17, 15) is 13.2 Å². The molecule has 24 heavy (non-hydrogen) atoms. The van der Waals surface area contributed by atoms with Crippen LogP contribution in [0.1, 0.15) is 22.8 Å². The van der Waals surface area contributed by atoms with Gasteiger partial charge in [-0.1, -0.05) is 23.7 Å². The van der Waals surface area contributed by atoms with Crippen LogP contribution in [0.2, 0.25) is 4.34 Å². The number of carbonyl (C=O) groups excluding carboxylic acids is 1. The van der Waals surface area contributed by atoms with E-state index < -0.39 is 10.0 Å². The zero-order chi connectivity index (χ0) is 17.3. The van der Waals surface area contributed by atoms with Crippen molar-refractivity contribution in [2.24, 2.45) is 11.1 Å². The van der Waals surface area contributed by atoms with Crippen LogP contribution in [0.15, 0.2) is 41.3 Å². The molecule has 8 heteroatoms. The Labute approximate surface area is 149 Å². The van der Waals surface area contributed by atoms with E-state index in [1.165, 1.54) is 28.3 Å². The molecule has 1 saturated carbocycles. The Morgan fingerprint density at radius 3 is 2.54 bits per heavy atom. The second kappa shape index (κ2) is 6.84. The molecule has 1 aromatic carbocycles. The van der Waals surface area contributed by atoms with Crippen molar-refractivity contribution < 1.29 is 13.2 Å². The molecule has 0 aliphatic heterocycles. The largest absolute Gasteiger partial charge is 0.356 e. The average molecular weight is 385 g/mol. The third-order valence-electron chi connectivity index (χ3n) is 4.05. The third-order valence-corrected chi connectivity index (χ3v) is 6.34. The molecule has 2 aromatic rings. The smallest absolute Gasteiger partial charge is 0.238 e. The summed E-state index contributed by atoms with van der Waals surface area (Å²) in [6.45, 7) is 0.516. The quantitative estimate of drug-likeness (QED) is 0.801. The minimum absolute atomic E-state index is 0.0319. The van der Waals surface area contributed by atoms with Crippen LogP contribution in [0.5, 0.6) is 0 Å². The zero-order valence-electron chi connectivity index (χ0n) is 12.7. The van der Waals surface area contributed by atoms with E-state index >= 15 is 0 Å². The van der Waals surface area contributed by atoms with Gasteiger partial charge in [0.2, 0.25) is 15.9 Å². The van der Waals surface area contributed by atoms with Crippen molar-refractivity contribution in [3.63, 3.8) is 0 Å². The highest BCUT2D eigenvalue weighted by Gasteiger charge is 2.44. The molecule has 0 radical (unpaired) electrons. The highest BCUT2D eigenvalue weighted by molar-refractivity contribution is 7.89. The maximum Gasteiger partial charge on any atom is 0.238 e. The monoisotopic (exact) mass is 384 g/mol. The van der Waals surface area contributed by atoms with Crippen molar-refractivity contribution in [1.82, 2.24) is 5.32 Å². The highest BCUT2D eigenvalue weighted by Crippen LogP contribution is 2.50. The van der Waals surface area contributed by atoms with Crippen LogP contribution in [0.25, 0.3) is 0 Å². The zero-order valence-corrected chi connectivity index (χ0v) is 15.1. The van der Waals surface area contributed by atoms with E-state index in [0.717, 1.165) is 16.3 Å². The highest BCUT2D eigenvalue weighted by atomic mass is 35.5. The minimum atomic E-state index is -3.67. The number of carbonyl (C=O) groups is 1. The molecule has 2 atom stereocenters. The van der Waals surface area contributed by atoms with Crippen molar-refractivity contribution in [3.05, 3.63) is 51.2 Å².